The normalized spacial score (nSPS) is 11.0. The molecule has 0 amide bonds. The Morgan fingerprint density at radius 1 is 0.690 bits per heavy atom. The van der Waals surface area contributed by atoms with Gasteiger partial charge in [-0.1, -0.05) is 69.4 Å². The van der Waals surface area contributed by atoms with Crippen molar-refractivity contribution in [1.29, 1.82) is 0 Å². The first-order valence-electron chi connectivity index (χ1n) is 9.23. The Kier molecular flexibility index (Phi) is 7.48. The van der Waals surface area contributed by atoms with Crippen LogP contribution in [0.5, 0.6) is 0 Å². The summed E-state index contributed by atoms with van der Waals surface area (Å²) in [5, 5.41) is 20.0. The zero-order valence-electron chi connectivity index (χ0n) is 16.9. The summed E-state index contributed by atoms with van der Waals surface area (Å²) >= 11 is 0. The van der Waals surface area contributed by atoms with Crippen LogP contribution in [0.2, 0.25) is 0 Å². The summed E-state index contributed by atoms with van der Waals surface area (Å²) < 4.78 is 3.54. The number of nitrogens with zero attached hydrogens (tertiary/aromatic N) is 2. The van der Waals surface area contributed by atoms with Gasteiger partial charge in [-0.15, -0.1) is 0 Å². The van der Waals surface area contributed by atoms with Gasteiger partial charge >= 0.3 is 15.2 Å². The Labute approximate surface area is 174 Å². The van der Waals surface area contributed by atoms with Crippen LogP contribution in [0.25, 0.3) is 41.5 Å². The Hall–Kier alpha value is -3.21. The summed E-state index contributed by atoms with van der Waals surface area (Å²) in [4.78, 5) is 0. The first kappa shape index (κ1) is 22.1. The Balaban J connectivity index is 3.15. The zero-order valence-corrected chi connectivity index (χ0v) is 16.9. The van der Waals surface area contributed by atoms with Crippen molar-refractivity contribution < 1.29 is 10.0 Å². The van der Waals surface area contributed by atoms with Crippen molar-refractivity contribution in [2.24, 2.45) is 0 Å². The molecule has 2 heterocycles. The van der Waals surface area contributed by atoms with E-state index in [0.717, 1.165) is 45.0 Å². The molecule has 0 unspecified atom stereocenters. The Morgan fingerprint density at radius 2 is 1.14 bits per heavy atom. The maximum Gasteiger partial charge on any atom is 0.398 e. The molecule has 0 fully saturated rings. The van der Waals surface area contributed by atoms with Crippen molar-refractivity contribution in [2.45, 2.75) is 6.92 Å². The van der Waals surface area contributed by atoms with E-state index in [0.29, 0.717) is 0 Å². The largest absolute Gasteiger partial charge is 0.435 e. The predicted octanol–water partition coefficient (Wildman–Crippen LogP) is 3.81. The molecule has 29 heavy (non-hydrogen) atoms. The minimum absolute atomic E-state index is 0.182. The Morgan fingerprint density at radius 3 is 1.59 bits per heavy atom. The smallest absolute Gasteiger partial charge is 0.398 e. The molecule has 0 saturated carbocycles. The van der Waals surface area contributed by atoms with Crippen molar-refractivity contribution in [3.63, 3.8) is 0 Å². The van der Waals surface area contributed by atoms with Gasteiger partial charge in [-0.25, -0.2) is 0 Å². The lowest BCUT2D eigenvalue weighted by atomic mass is 9.94. The van der Waals surface area contributed by atoms with Crippen LogP contribution in [-0.4, -0.2) is 34.2 Å². The summed E-state index contributed by atoms with van der Waals surface area (Å²) in [5.74, 6) is 0. The molecular weight excluding hydrogens is 358 g/mol. The van der Waals surface area contributed by atoms with Gasteiger partial charge in [0.05, 0.1) is 0 Å². The molecule has 0 aliphatic carbocycles. The first-order chi connectivity index (χ1) is 14.1. The quantitative estimate of drug-likeness (QED) is 0.484. The fourth-order valence-electron chi connectivity index (χ4n) is 3.66. The van der Waals surface area contributed by atoms with Crippen LogP contribution in [0.1, 0.15) is 33.9 Å². The molecule has 0 spiro atoms. The highest BCUT2D eigenvalue weighted by atomic mass is 16.2. The van der Waals surface area contributed by atoms with Gasteiger partial charge < -0.3 is 19.0 Å². The number of rotatable bonds is 10. The topological polar surface area (TPSA) is 50.3 Å². The van der Waals surface area contributed by atoms with Gasteiger partial charge in [0.1, 0.15) is 0 Å². The standard InChI is InChI=1S/C23H26B2N2O2/c1-7-12-14-17-16(6)26(24-28)20(10-4)22(17)23-18(15-13-8-2)19(9-3)27(25-29)21(23)11-5/h7-15,24-25,28-29H,1-5H2,6H3/b14-12-,15-13-. The molecule has 0 saturated heterocycles. The van der Waals surface area contributed by atoms with Gasteiger partial charge in [0.25, 0.3) is 0 Å². The average Bonchev–Trinajstić information content (AvgIpc) is 3.19. The maximum absolute atomic E-state index is 10.0. The van der Waals surface area contributed by atoms with Crippen LogP contribution in [0.4, 0.5) is 0 Å². The minimum atomic E-state index is -0.224. The molecule has 2 N–H and O–H groups in total. The van der Waals surface area contributed by atoms with E-state index < -0.39 is 0 Å². The van der Waals surface area contributed by atoms with Gasteiger partial charge in [0.15, 0.2) is 0 Å². The van der Waals surface area contributed by atoms with Crippen LogP contribution in [0, 0.1) is 6.92 Å². The van der Waals surface area contributed by atoms with Crippen LogP contribution in [0.3, 0.4) is 0 Å². The summed E-state index contributed by atoms with van der Waals surface area (Å²) in [6.45, 7) is 21.3. The average molecular weight is 384 g/mol. The number of hydrogen-bond acceptors (Lipinski definition) is 2. The van der Waals surface area contributed by atoms with Gasteiger partial charge in [0, 0.05) is 45.0 Å². The molecule has 2 aromatic rings. The van der Waals surface area contributed by atoms with Gasteiger partial charge in [-0.2, -0.15) is 0 Å². The molecule has 0 aromatic carbocycles. The lowest BCUT2D eigenvalue weighted by molar-refractivity contribution is 0.586. The highest BCUT2D eigenvalue weighted by Gasteiger charge is 2.26. The molecule has 0 bridgehead atoms. The molecule has 146 valence electrons. The SMILES string of the molecule is C=C/C=C\c1c(-c2c(/C=C\C=C)c(C=C)n(BO)c2C=C)c(C=C)n(BO)c1C. The fraction of sp³-hybridized carbons (Fsp3) is 0.0435. The second-order valence-electron chi connectivity index (χ2n) is 6.26. The molecule has 2 aromatic heterocycles. The maximum atomic E-state index is 10.0. The number of hydrogen-bond donors (Lipinski definition) is 2. The fourth-order valence-corrected chi connectivity index (χ4v) is 3.66. The third kappa shape index (κ3) is 3.73. The Bertz CT molecular complexity index is 1040. The van der Waals surface area contributed by atoms with Crippen molar-refractivity contribution in [2.75, 3.05) is 0 Å². The minimum Gasteiger partial charge on any atom is -0.435 e. The van der Waals surface area contributed by atoms with Crippen LogP contribution >= 0.6 is 0 Å². The van der Waals surface area contributed by atoms with E-state index in [2.05, 4.69) is 32.9 Å². The summed E-state index contributed by atoms with van der Waals surface area (Å²) in [7, 11) is -0.406. The molecule has 2 rings (SSSR count). The molecule has 4 nitrogen and oxygen atoms in total. The third-order valence-electron chi connectivity index (χ3n) is 4.90. The molecule has 0 radical (unpaired) electrons. The monoisotopic (exact) mass is 384 g/mol. The summed E-state index contributed by atoms with van der Waals surface area (Å²) in [6.07, 6.45) is 16.1. The van der Waals surface area contributed by atoms with Crippen LogP contribution in [-0.2, 0) is 0 Å². The van der Waals surface area contributed by atoms with E-state index in [1.165, 1.54) is 0 Å². The van der Waals surface area contributed by atoms with Crippen LogP contribution in [0.15, 0.2) is 57.2 Å². The zero-order chi connectivity index (χ0) is 21.6. The highest BCUT2D eigenvalue weighted by Crippen LogP contribution is 2.42. The molecule has 0 aliphatic rings. The van der Waals surface area contributed by atoms with E-state index in [1.807, 2.05) is 31.2 Å². The predicted molar refractivity (Wildman–Crippen MR) is 131 cm³/mol. The molecule has 0 aliphatic heterocycles. The van der Waals surface area contributed by atoms with Crippen molar-refractivity contribution >= 4 is 45.6 Å². The molecular formula is C23H26B2N2O2. The number of allylic oxidation sites excluding steroid dienone is 4. The van der Waals surface area contributed by atoms with E-state index in [-0.39, 0.29) is 15.2 Å². The van der Waals surface area contributed by atoms with Crippen LogP contribution < -0.4 is 0 Å². The second-order valence-corrected chi connectivity index (χ2v) is 6.26. The lowest BCUT2D eigenvalue weighted by Crippen LogP contribution is -2.09. The van der Waals surface area contributed by atoms with E-state index >= 15 is 0 Å². The molecule has 6 heteroatoms. The summed E-state index contributed by atoms with van der Waals surface area (Å²) in [6, 6.07) is 0. The highest BCUT2D eigenvalue weighted by molar-refractivity contribution is 6.26. The third-order valence-corrected chi connectivity index (χ3v) is 4.90. The van der Waals surface area contributed by atoms with Crippen molar-refractivity contribution in [3.8, 4) is 11.1 Å². The summed E-state index contributed by atoms with van der Waals surface area (Å²) in [5.41, 5.74) is 6.73. The van der Waals surface area contributed by atoms with E-state index in [4.69, 9.17) is 0 Å². The van der Waals surface area contributed by atoms with Crippen molar-refractivity contribution in [1.82, 2.24) is 8.96 Å². The van der Waals surface area contributed by atoms with E-state index in [1.54, 1.807) is 39.3 Å². The van der Waals surface area contributed by atoms with E-state index in [9.17, 15) is 10.0 Å². The van der Waals surface area contributed by atoms with Crippen molar-refractivity contribution in [3.05, 3.63) is 91.1 Å². The molecule has 0 atom stereocenters. The van der Waals surface area contributed by atoms with Gasteiger partial charge in [-0.05, 0) is 25.2 Å². The lowest BCUT2D eigenvalue weighted by Gasteiger charge is -2.09. The second kappa shape index (κ2) is 9.82. The first-order valence-corrected chi connectivity index (χ1v) is 9.23. The van der Waals surface area contributed by atoms with Gasteiger partial charge in [-0.3, -0.25) is 0 Å². The van der Waals surface area contributed by atoms with Gasteiger partial charge in [0.2, 0.25) is 0 Å². The number of aromatic nitrogens is 2.